The summed E-state index contributed by atoms with van der Waals surface area (Å²) in [6.07, 6.45) is -1.56. The van der Waals surface area contributed by atoms with Crippen molar-refractivity contribution >= 4 is 0 Å². The lowest BCUT2D eigenvalue weighted by Crippen LogP contribution is -2.17. The number of halogens is 3. The fourth-order valence-corrected chi connectivity index (χ4v) is 0.805. The van der Waals surface area contributed by atoms with Crippen LogP contribution in [0.25, 0.3) is 0 Å². The van der Waals surface area contributed by atoms with Crippen molar-refractivity contribution in [3.05, 3.63) is 0 Å². The van der Waals surface area contributed by atoms with Gasteiger partial charge in [-0.2, -0.15) is 0 Å². The Balaban J connectivity index is -0.000000247. The molecule has 0 aromatic carbocycles. The molecule has 22 heavy (non-hydrogen) atoms. The SMILES string of the molecule is COC(CO)CF.COCC(CO)CF.COCC(O)CF. The smallest absolute Gasteiger partial charge is 0.118 e. The Hall–Kier alpha value is -0.450. The third-order valence-corrected chi connectivity index (χ3v) is 2.13. The Morgan fingerprint density at radius 3 is 1.45 bits per heavy atom. The van der Waals surface area contributed by atoms with Gasteiger partial charge in [0.15, 0.2) is 0 Å². The van der Waals surface area contributed by atoms with Gasteiger partial charge in [0.1, 0.15) is 25.6 Å². The zero-order valence-corrected chi connectivity index (χ0v) is 13.4. The molecule has 0 saturated carbocycles. The number of hydrogen-bond donors (Lipinski definition) is 3. The van der Waals surface area contributed by atoms with Gasteiger partial charge >= 0.3 is 0 Å². The second-order valence-corrected chi connectivity index (χ2v) is 4.12. The molecule has 0 aliphatic carbocycles. The summed E-state index contributed by atoms with van der Waals surface area (Å²) in [5.74, 6) is -0.333. The number of alkyl halides is 3. The number of methoxy groups -OCH3 is 3. The van der Waals surface area contributed by atoms with Gasteiger partial charge in [-0.05, 0) is 0 Å². The van der Waals surface area contributed by atoms with E-state index < -0.39 is 32.2 Å². The van der Waals surface area contributed by atoms with E-state index in [2.05, 4.69) is 14.2 Å². The van der Waals surface area contributed by atoms with Crippen molar-refractivity contribution in [2.45, 2.75) is 12.2 Å². The van der Waals surface area contributed by atoms with Gasteiger partial charge < -0.3 is 29.5 Å². The van der Waals surface area contributed by atoms with Crippen LogP contribution in [0.4, 0.5) is 13.2 Å². The molecule has 0 amide bonds. The lowest BCUT2D eigenvalue weighted by Gasteiger charge is -2.05. The van der Waals surface area contributed by atoms with E-state index in [9.17, 15) is 13.2 Å². The largest absolute Gasteiger partial charge is 0.396 e. The summed E-state index contributed by atoms with van der Waals surface area (Å²) in [5.41, 5.74) is 0. The van der Waals surface area contributed by atoms with Gasteiger partial charge in [-0.3, -0.25) is 4.39 Å². The van der Waals surface area contributed by atoms with Gasteiger partial charge in [0.05, 0.1) is 33.1 Å². The molecular weight excluding hydrogens is 309 g/mol. The molecule has 138 valence electrons. The van der Waals surface area contributed by atoms with Crippen molar-refractivity contribution in [3.63, 3.8) is 0 Å². The van der Waals surface area contributed by atoms with Crippen molar-refractivity contribution in [3.8, 4) is 0 Å². The van der Waals surface area contributed by atoms with E-state index in [0.717, 1.165) is 0 Å². The zero-order valence-electron chi connectivity index (χ0n) is 13.4. The van der Waals surface area contributed by atoms with Crippen LogP contribution in [0.2, 0.25) is 0 Å². The number of rotatable bonds is 10. The van der Waals surface area contributed by atoms with Crippen molar-refractivity contribution in [1.82, 2.24) is 0 Å². The molecule has 3 N–H and O–H groups in total. The van der Waals surface area contributed by atoms with Gasteiger partial charge in [0.25, 0.3) is 0 Å². The van der Waals surface area contributed by atoms with Crippen LogP contribution >= 0.6 is 0 Å². The molecule has 0 heterocycles. The lowest BCUT2D eigenvalue weighted by atomic mass is 10.2. The molecule has 3 atom stereocenters. The van der Waals surface area contributed by atoms with Crippen molar-refractivity contribution in [2.24, 2.45) is 5.92 Å². The second kappa shape index (κ2) is 22.8. The van der Waals surface area contributed by atoms with Crippen LogP contribution in [0.15, 0.2) is 0 Å². The minimum atomic E-state index is -0.940. The highest BCUT2D eigenvalue weighted by molar-refractivity contribution is 4.51. The maximum absolute atomic E-state index is 11.6. The first-order valence-electron chi connectivity index (χ1n) is 6.59. The fourth-order valence-electron chi connectivity index (χ4n) is 0.805. The second-order valence-electron chi connectivity index (χ2n) is 4.12. The van der Waals surface area contributed by atoms with E-state index in [1.165, 1.54) is 21.3 Å². The van der Waals surface area contributed by atoms with E-state index in [4.69, 9.17) is 15.3 Å². The molecule has 0 saturated heterocycles. The molecule has 0 fully saturated rings. The highest BCUT2D eigenvalue weighted by Crippen LogP contribution is 1.94. The van der Waals surface area contributed by atoms with Crippen LogP contribution in [-0.2, 0) is 14.2 Å². The Morgan fingerprint density at radius 1 is 0.818 bits per heavy atom. The molecule has 0 spiro atoms. The first-order chi connectivity index (χ1) is 10.5. The Morgan fingerprint density at radius 2 is 1.36 bits per heavy atom. The predicted octanol–water partition coefficient (Wildman–Crippen LogP) is 0.137. The molecule has 3 unspecified atom stereocenters. The Kier molecular flexibility index (Phi) is 27.4. The van der Waals surface area contributed by atoms with Crippen LogP contribution in [0.5, 0.6) is 0 Å². The molecule has 0 bridgehead atoms. The first-order valence-corrected chi connectivity index (χ1v) is 6.59. The highest BCUT2D eigenvalue weighted by atomic mass is 19.1. The summed E-state index contributed by atoms with van der Waals surface area (Å²) in [6, 6.07) is 0. The minimum absolute atomic E-state index is 0.0799. The molecule has 0 aliphatic heterocycles. The average molecular weight is 338 g/mol. The van der Waals surface area contributed by atoms with E-state index in [0.29, 0.717) is 6.61 Å². The van der Waals surface area contributed by atoms with Gasteiger partial charge in [-0.25, -0.2) is 8.78 Å². The van der Waals surface area contributed by atoms with E-state index in [1.54, 1.807) is 0 Å². The molecule has 0 rings (SSSR count). The van der Waals surface area contributed by atoms with E-state index in [-0.39, 0.29) is 25.7 Å². The van der Waals surface area contributed by atoms with Crippen LogP contribution < -0.4 is 0 Å². The quantitative estimate of drug-likeness (QED) is 0.525. The summed E-state index contributed by atoms with van der Waals surface area (Å²) in [7, 11) is 4.26. The standard InChI is InChI=1S/C5H11FO2.2C4H9FO2/c1-8-4-5(2-6)3-7;1-7-3-4(6)2-5;1-7-4(2-5)3-6/h5,7H,2-4H2,1H3;2*4,6H,2-3H2,1H3. The Labute approximate surface area is 129 Å². The topological polar surface area (TPSA) is 88.4 Å². The molecule has 0 radical (unpaired) electrons. The molecule has 9 heteroatoms. The molecular formula is C13H29F3O6. The highest BCUT2D eigenvalue weighted by Gasteiger charge is 2.03. The van der Waals surface area contributed by atoms with Crippen molar-refractivity contribution < 1.29 is 42.7 Å². The van der Waals surface area contributed by atoms with Gasteiger partial charge in [-0.15, -0.1) is 0 Å². The summed E-state index contributed by atoms with van der Waals surface area (Å²) in [5, 5.41) is 24.9. The Bertz CT molecular complexity index is 178. The fraction of sp³-hybridized carbons (Fsp3) is 1.00. The van der Waals surface area contributed by atoms with Crippen LogP contribution in [-0.4, -0.2) is 95.3 Å². The van der Waals surface area contributed by atoms with Crippen LogP contribution in [0.1, 0.15) is 0 Å². The van der Waals surface area contributed by atoms with Gasteiger partial charge in [0, 0.05) is 27.2 Å². The van der Waals surface area contributed by atoms with Gasteiger partial charge in [-0.1, -0.05) is 0 Å². The average Bonchev–Trinajstić information content (AvgIpc) is 2.55. The zero-order chi connectivity index (χ0) is 17.8. The number of hydrogen-bond acceptors (Lipinski definition) is 6. The summed E-state index contributed by atoms with van der Waals surface area (Å²) < 4.78 is 47.6. The third-order valence-electron chi connectivity index (χ3n) is 2.13. The van der Waals surface area contributed by atoms with Crippen molar-refractivity contribution in [1.29, 1.82) is 0 Å². The molecule has 0 aromatic heterocycles. The summed E-state index contributed by atoms with van der Waals surface area (Å²) >= 11 is 0. The van der Waals surface area contributed by atoms with Crippen LogP contribution in [0, 0.1) is 5.92 Å². The predicted molar refractivity (Wildman–Crippen MR) is 76.1 cm³/mol. The summed E-state index contributed by atoms with van der Waals surface area (Å²) in [4.78, 5) is 0. The maximum Gasteiger partial charge on any atom is 0.118 e. The van der Waals surface area contributed by atoms with Crippen LogP contribution in [0.3, 0.4) is 0 Å². The molecule has 0 aliphatic rings. The van der Waals surface area contributed by atoms with Crippen molar-refractivity contribution in [2.75, 3.05) is 67.8 Å². The maximum atomic E-state index is 11.6. The van der Waals surface area contributed by atoms with Gasteiger partial charge in [0.2, 0.25) is 0 Å². The number of ether oxygens (including phenoxy) is 3. The molecule has 6 nitrogen and oxygen atoms in total. The first kappa shape index (κ1) is 26.4. The number of aliphatic hydroxyl groups is 3. The van der Waals surface area contributed by atoms with E-state index in [1.807, 2.05) is 0 Å². The summed E-state index contributed by atoms with van der Waals surface area (Å²) in [6.45, 7) is -1.86. The number of aliphatic hydroxyl groups excluding tert-OH is 3. The normalized spacial score (nSPS) is 14.0. The van der Waals surface area contributed by atoms with E-state index >= 15 is 0 Å². The minimum Gasteiger partial charge on any atom is -0.396 e. The third kappa shape index (κ3) is 21.8. The monoisotopic (exact) mass is 338 g/mol. The lowest BCUT2D eigenvalue weighted by molar-refractivity contribution is 0.0320. The molecule has 0 aromatic rings.